The minimum Gasteiger partial charge on any atom is -0.425 e. The smallest absolute Gasteiger partial charge is 0.299 e. The Balaban J connectivity index is 1.79. The molecule has 112 valence electrons. The highest BCUT2D eigenvalue weighted by molar-refractivity contribution is 7.99. The highest BCUT2D eigenvalue weighted by atomic mass is 32.2. The largest absolute Gasteiger partial charge is 0.425 e. The molecule has 0 saturated carbocycles. The molecule has 1 unspecified atom stereocenters. The number of ether oxygens (including phenoxy) is 1. The predicted molar refractivity (Wildman–Crippen MR) is 87.1 cm³/mol. The molecule has 2 aromatic carbocycles. The van der Waals surface area contributed by atoms with Crippen LogP contribution in [0.5, 0.6) is 5.75 Å². The van der Waals surface area contributed by atoms with Crippen LogP contribution in [-0.4, -0.2) is 23.2 Å². The lowest BCUT2D eigenvalue weighted by molar-refractivity contribution is 0.289. The highest BCUT2D eigenvalue weighted by Gasteiger charge is 2.35. The minimum atomic E-state index is -0.335. The number of thioether (sulfide) groups is 1. The van der Waals surface area contributed by atoms with Gasteiger partial charge in [-0.05, 0) is 30.4 Å². The summed E-state index contributed by atoms with van der Waals surface area (Å²) in [6.07, 6.45) is 1.07. The molecule has 2 heterocycles. The van der Waals surface area contributed by atoms with Gasteiger partial charge in [0.05, 0.1) is 0 Å². The van der Waals surface area contributed by atoms with E-state index in [1.807, 2.05) is 30.0 Å². The van der Waals surface area contributed by atoms with Crippen LogP contribution in [0.15, 0.2) is 53.5 Å². The van der Waals surface area contributed by atoms with Crippen LogP contribution in [0.2, 0.25) is 0 Å². The number of rotatable bonds is 1. The van der Waals surface area contributed by atoms with Crippen LogP contribution >= 0.6 is 11.8 Å². The second kappa shape index (κ2) is 5.65. The second-order valence-electron chi connectivity index (χ2n) is 5.26. The van der Waals surface area contributed by atoms with Gasteiger partial charge in [-0.1, -0.05) is 30.3 Å². The number of nitrogens with zero attached hydrogens (tertiary/aromatic N) is 2. The first kappa shape index (κ1) is 13.6. The molecule has 0 amide bonds. The molecule has 3 nitrogen and oxygen atoms in total. The molecule has 0 bridgehead atoms. The lowest BCUT2D eigenvalue weighted by Gasteiger charge is -2.40. The number of aliphatic imine (C=N–C) groups is 1. The Morgan fingerprint density at radius 3 is 2.86 bits per heavy atom. The Hall–Kier alpha value is -2.01. The number of fused-ring (bicyclic) bond motifs is 3. The van der Waals surface area contributed by atoms with Gasteiger partial charge in [0.15, 0.2) is 0 Å². The number of hydrogen-bond donors (Lipinski definition) is 0. The number of hydrogen-bond acceptors (Lipinski definition) is 3. The quantitative estimate of drug-likeness (QED) is 0.782. The van der Waals surface area contributed by atoms with Gasteiger partial charge in [-0.15, -0.1) is 11.8 Å². The van der Waals surface area contributed by atoms with E-state index in [1.54, 1.807) is 18.2 Å². The molecular formula is C17H15FN2OS. The summed E-state index contributed by atoms with van der Waals surface area (Å²) < 4.78 is 19.8. The Kier molecular flexibility index (Phi) is 3.50. The van der Waals surface area contributed by atoms with Gasteiger partial charge in [0.25, 0.3) is 6.02 Å². The predicted octanol–water partition coefficient (Wildman–Crippen LogP) is 4.34. The Labute approximate surface area is 132 Å². The van der Waals surface area contributed by atoms with Gasteiger partial charge in [0.2, 0.25) is 0 Å². The van der Waals surface area contributed by atoms with E-state index in [0.717, 1.165) is 24.5 Å². The zero-order valence-electron chi connectivity index (χ0n) is 11.9. The van der Waals surface area contributed by atoms with E-state index in [0.29, 0.717) is 11.7 Å². The van der Waals surface area contributed by atoms with E-state index in [9.17, 15) is 4.39 Å². The fraction of sp³-hybridized carbons (Fsp3) is 0.235. The first-order valence-corrected chi connectivity index (χ1v) is 8.36. The van der Waals surface area contributed by atoms with Crippen LogP contribution in [0.4, 0.5) is 10.1 Å². The summed E-state index contributed by atoms with van der Waals surface area (Å²) in [5.74, 6) is 1.59. The standard InChI is InChI=1S/C17H15FN2OS/c18-13-7-2-3-8-14(13)19-17-20-10-5-11-22-16(20)12-6-1-4-9-15(12)21-17/h1-4,6-9,16H,5,10-11H2. The lowest BCUT2D eigenvalue weighted by atomic mass is 10.1. The van der Waals surface area contributed by atoms with Crippen molar-refractivity contribution >= 4 is 23.5 Å². The van der Waals surface area contributed by atoms with E-state index < -0.39 is 0 Å². The molecule has 5 heteroatoms. The van der Waals surface area contributed by atoms with E-state index in [2.05, 4.69) is 16.0 Å². The summed E-state index contributed by atoms with van der Waals surface area (Å²) in [6, 6.07) is 15.0. The summed E-state index contributed by atoms with van der Waals surface area (Å²) in [6.45, 7) is 0.874. The van der Waals surface area contributed by atoms with Crippen molar-refractivity contribution in [3.05, 3.63) is 59.9 Å². The van der Waals surface area contributed by atoms with Crippen molar-refractivity contribution in [1.82, 2.24) is 4.90 Å². The molecule has 22 heavy (non-hydrogen) atoms. The van der Waals surface area contributed by atoms with Crippen LogP contribution in [-0.2, 0) is 0 Å². The van der Waals surface area contributed by atoms with Crippen molar-refractivity contribution in [2.24, 2.45) is 4.99 Å². The maximum Gasteiger partial charge on any atom is 0.299 e. The van der Waals surface area contributed by atoms with Crippen LogP contribution in [0, 0.1) is 5.82 Å². The van der Waals surface area contributed by atoms with E-state index in [4.69, 9.17) is 4.74 Å². The number of amidine groups is 1. The van der Waals surface area contributed by atoms with Gasteiger partial charge in [0, 0.05) is 12.1 Å². The van der Waals surface area contributed by atoms with Crippen molar-refractivity contribution in [1.29, 1.82) is 0 Å². The van der Waals surface area contributed by atoms with Crippen molar-refractivity contribution in [3.63, 3.8) is 0 Å². The first-order valence-electron chi connectivity index (χ1n) is 7.31. The van der Waals surface area contributed by atoms with Gasteiger partial charge < -0.3 is 9.64 Å². The molecule has 0 N–H and O–H groups in total. The monoisotopic (exact) mass is 314 g/mol. The third-order valence-corrected chi connectivity index (χ3v) is 5.15. The SMILES string of the molecule is Fc1ccccc1N=C1Oc2ccccc2C2SCCCN12. The number of halogens is 1. The van der Waals surface area contributed by atoms with E-state index in [1.165, 1.54) is 11.6 Å². The summed E-state index contributed by atoms with van der Waals surface area (Å²) in [5.41, 5.74) is 1.48. The molecule has 1 atom stereocenters. The van der Waals surface area contributed by atoms with E-state index in [-0.39, 0.29) is 11.2 Å². The second-order valence-corrected chi connectivity index (χ2v) is 6.44. The fourth-order valence-corrected chi connectivity index (χ4v) is 4.03. The molecule has 0 spiro atoms. The Bertz CT molecular complexity index is 734. The molecule has 2 aromatic rings. The number of benzene rings is 2. The van der Waals surface area contributed by atoms with Crippen molar-refractivity contribution in [3.8, 4) is 5.75 Å². The van der Waals surface area contributed by atoms with Gasteiger partial charge >= 0.3 is 0 Å². The summed E-state index contributed by atoms with van der Waals surface area (Å²) >= 11 is 1.88. The summed E-state index contributed by atoms with van der Waals surface area (Å²) in [7, 11) is 0. The normalized spacial score (nSPS) is 22.0. The summed E-state index contributed by atoms with van der Waals surface area (Å²) in [5, 5.41) is 0.198. The molecule has 0 aromatic heterocycles. The molecule has 1 saturated heterocycles. The maximum absolute atomic E-state index is 13.9. The minimum absolute atomic E-state index is 0.198. The van der Waals surface area contributed by atoms with Crippen molar-refractivity contribution in [2.75, 3.05) is 12.3 Å². The number of para-hydroxylation sites is 2. The Morgan fingerprint density at radius 1 is 1.14 bits per heavy atom. The fourth-order valence-electron chi connectivity index (χ4n) is 2.76. The topological polar surface area (TPSA) is 24.8 Å². The third kappa shape index (κ3) is 2.35. The Morgan fingerprint density at radius 2 is 1.95 bits per heavy atom. The van der Waals surface area contributed by atoms with Gasteiger partial charge in [0.1, 0.15) is 22.6 Å². The first-order chi connectivity index (χ1) is 10.8. The van der Waals surface area contributed by atoms with Crippen LogP contribution < -0.4 is 4.74 Å². The molecule has 1 fully saturated rings. The van der Waals surface area contributed by atoms with Crippen molar-refractivity contribution in [2.45, 2.75) is 11.8 Å². The van der Waals surface area contributed by atoms with Crippen molar-refractivity contribution < 1.29 is 9.13 Å². The average molecular weight is 314 g/mol. The third-order valence-electron chi connectivity index (χ3n) is 3.80. The zero-order chi connectivity index (χ0) is 14.9. The van der Waals surface area contributed by atoms with E-state index >= 15 is 0 Å². The van der Waals surface area contributed by atoms with Gasteiger partial charge in [-0.3, -0.25) is 0 Å². The highest BCUT2D eigenvalue weighted by Crippen LogP contribution is 2.44. The van der Waals surface area contributed by atoms with Gasteiger partial charge in [-0.2, -0.15) is 4.99 Å². The molecule has 2 aliphatic rings. The van der Waals surface area contributed by atoms with Crippen LogP contribution in [0.25, 0.3) is 0 Å². The zero-order valence-corrected chi connectivity index (χ0v) is 12.7. The lowest BCUT2D eigenvalue weighted by Crippen LogP contribution is -2.43. The van der Waals surface area contributed by atoms with Gasteiger partial charge in [-0.25, -0.2) is 4.39 Å². The molecule has 4 rings (SSSR count). The van der Waals surface area contributed by atoms with Crippen LogP contribution in [0.1, 0.15) is 17.4 Å². The summed E-state index contributed by atoms with van der Waals surface area (Å²) in [4.78, 5) is 6.56. The van der Waals surface area contributed by atoms with Crippen LogP contribution in [0.3, 0.4) is 0 Å². The molecular weight excluding hydrogens is 299 g/mol. The molecule has 0 aliphatic carbocycles. The maximum atomic E-state index is 13.9. The average Bonchev–Trinajstić information content (AvgIpc) is 2.57. The molecule has 0 radical (unpaired) electrons. The molecule has 2 aliphatic heterocycles.